The molecule has 0 bridgehead atoms. The molecule has 1 heterocycles. The zero-order valence-electron chi connectivity index (χ0n) is 10.2. The highest BCUT2D eigenvalue weighted by atomic mass is 19.4. The van der Waals surface area contributed by atoms with Crippen LogP contribution in [0.25, 0.3) is 0 Å². The maximum atomic E-state index is 12.4. The first-order valence-corrected chi connectivity index (χ1v) is 5.55. The van der Waals surface area contributed by atoms with Gasteiger partial charge in [0.25, 0.3) is 0 Å². The number of halogens is 3. The summed E-state index contributed by atoms with van der Waals surface area (Å²) >= 11 is 0. The van der Waals surface area contributed by atoms with Crippen LogP contribution in [0.5, 0.6) is 0 Å². The van der Waals surface area contributed by atoms with Crippen LogP contribution < -0.4 is 10.6 Å². The molecule has 0 fully saturated rings. The lowest BCUT2D eigenvalue weighted by Crippen LogP contribution is -2.36. The van der Waals surface area contributed by atoms with E-state index in [0.29, 0.717) is 0 Å². The Morgan fingerprint density at radius 1 is 1.25 bits per heavy atom. The minimum Gasteiger partial charge on any atom is -0.481 e. The first-order valence-electron chi connectivity index (χ1n) is 5.55. The summed E-state index contributed by atoms with van der Waals surface area (Å²) in [4.78, 5) is 24.8. The van der Waals surface area contributed by atoms with Gasteiger partial charge in [0.15, 0.2) is 0 Å². The minimum atomic E-state index is -4.54. The molecule has 9 heteroatoms. The van der Waals surface area contributed by atoms with Crippen molar-refractivity contribution in [3.8, 4) is 0 Å². The van der Waals surface area contributed by atoms with E-state index in [2.05, 4.69) is 15.6 Å². The van der Waals surface area contributed by atoms with E-state index in [0.717, 1.165) is 6.07 Å². The van der Waals surface area contributed by atoms with Crippen LogP contribution in [0.15, 0.2) is 18.2 Å². The molecule has 0 aromatic carbocycles. The number of hydrogen-bond donors (Lipinski definition) is 3. The van der Waals surface area contributed by atoms with Crippen LogP contribution in [0.3, 0.4) is 0 Å². The summed E-state index contributed by atoms with van der Waals surface area (Å²) < 4.78 is 37.2. The van der Waals surface area contributed by atoms with Gasteiger partial charge in [-0.05, 0) is 12.1 Å². The van der Waals surface area contributed by atoms with Crippen LogP contribution in [0.4, 0.5) is 18.0 Å². The number of alkyl halides is 3. The van der Waals surface area contributed by atoms with Crippen LogP contribution in [0.2, 0.25) is 0 Å². The molecule has 0 atom stereocenters. The van der Waals surface area contributed by atoms with Gasteiger partial charge in [-0.3, -0.25) is 4.79 Å². The van der Waals surface area contributed by atoms with Crippen molar-refractivity contribution < 1.29 is 27.9 Å². The third-order valence-corrected chi connectivity index (χ3v) is 2.15. The fourth-order valence-electron chi connectivity index (χ4n) is 1.25. The SMILES string of the molecule is O=C(O)CCNC(=O)NCc1cccc(C(F)(F)F)n1. The summed E-state index contributed by atoms with van der Waals surface area (Å²) in [5, 5.41) is 12.9. The quantitative estimate of drug-likeness (QED) is 0.764. The molecule has 0 aliphatic rings. The number of amides is 2. The molecule has 0 unspecified atom stereocenters. The lowest BCUT2D eigenvalue weighted by molar-refractivity contribution is -0.141. The van der Waals surface area contributed by atoms with Crippen LogP contribution in [0.1, 0.15) is 17.8 Å². The molecule has 0 saturated carbocycles. The predicted molar refractivity (Wildman–Crippen MR) is 61.7 cm³/mol. The van der Waals surface area contributed by atoms with Gasteiger partial charge in [-0.15, -0.1) is 0 Å². The van der Waals surface area contributed by atoms with E-state index >= 15 is 0 Å². The molecule has 2 amide bonds. The van der Waals surface area contributed by atoms with Crippen LogP contribution in [0, 0.1) is 0 Å². The van der Waals surface area contributed by atoms with Gasteiger partial charge in [0.1, 0.15) is 5.69 Å². The molecule has 0 aliphatic carbocycles. The molecule has 20 heavy (non-hydrogen) atoms. The van der Waals surface area contributed by atoms with E-state index in [-0.39, 0.29) is 25.2 Å². The number of carbonyl (C=O) groups is 2. The number of hydrogen-bond acceptors (Lipinski definition) is 3. The van der Waals surface area contributed by atoms with Crippen molar-refractivity contribution in [2.45, 2.75) is 19.1 Å². The molecule has 0 saturated heterocycles. The highest BCUT2D eigenvalue weighted by molar-refractivity contribution is 5.74. The molecule has 0 aliphatic heterocycles. The number of nitrogens with one attached hydrogen (secondary N) is 2. The van der Waals surface area contributed by atoms with Gasteiger partial charge < -0.3 is 15.7 Å². The van der Waals surface area contributed by atoms with Crippen molar-refractivity contribution in [3.63, 3.8) is 0 Å². The molecule has 1 rings (SSSR count). The van der Waals surface area contributed by atoms with E-state index in [4.69, 9.17) is 5.11 Å². The van der Waals surface area contributed by atoms with E-state index in [1.807, 2.05) is 0 Å². The van der Waals surface area contributed by atoms with Crippen molar-refractivity contribution in [2.75, 3.05) is 6.54 Å². The van der Waals surface area contributed by atoms with Gasteiger partial charge in [0.2, 0.25) is 0 Å². The largest absolute Gasteiger partial charge is 0.481 e. The predicted octanol–water partition coefficient (Wildman–Crippen LogP) is 1.37. The summed E-state index contributed by atoms with van der Waals surface area (Å²) in [6.45, 7) is -0.264. The molecular formula is C11H12F3N3O3. The number of aliphatic carboxylic acids is 1. The maximum absolute atomic E-state index is 12.4. The Morgan fingerprint density at radius 2 is 1.95 bits per heavy atom. The van der Waals surface area contributed by atoms with Gasteiger partial charge in [0.05, 0.1) is 18.7 Å². The normalized spacial score (nSPS) is 10.9. The van der Waals surface area contributed by atoms with E-state index in [1.165, 1.54) is 12.1 Å². The number of carboxylic acid groups (broad SMARTS) is 1. The van der Waals surface area contributed by atoms with Crippen molar-refractivity contribution in [2.24, 2.45) is 0 Å². The second-order valence-corrected chi connectivity index (χ2v) is 3.77. The third kappa shape index (κ3) is 5.55. The lowest BCUT2D eigenvalue weighted by Gasteiger charge is -2.09. The van der Waals surface area contributed by atoms with Gasteiger partial charge >= 0.3 is 18.2 Å². The summed E-state index contributed by atoms with van der Waals surface area (Å²) in [6.07, 6.45) is -4.78. The lowest BCUT2D eigenvalue weighted by atomic mass is 10.3. The number of carboxylic acids is 1. The van der Waals surface area contributed by atoms with Crippen molar-refractivity contribution >= 4 is 12.0 Å². The number of aromatic nitrogens is 1. The van der Waals surface area contributed by atoms with Crippen LogP contribution in [-0.4, -0.2) is 28.6 Å². The fourth-order valence-corrected chi connectivity index (χ4v) is 1.25. The number of carbonyl (C=O) groups excluding carboxylic acids is 1. The average molecular weight is 291 g/mol. The van der Waals surface area contributed by atoms with Gasteiger partial charge in [-0.25, -0.2) is 9.78 Å². The fraction of sp³-hybridized carbons (Fsp3) is 0.364. The van der Waals surface area contributed by atoms with Gasteiger partial charge in [-0.2, -0.15) is 13.2 Å². The summed E-state index contributed by atoms with van der Waals surface area (Å²) in [5.74, 6) is -1.06. The number of urea groups is 1. The highest BCUT2D eigenvalue weighted by Gasteiger charge is 2.32. The number of pyridine rings is 1. The molecule has 6 nitrogen and oxygen atoms in total. The van der Waals surface area contributed by atoms with Crippen LogP contribution >= 0.6 is 0 Å². The molecule has 1 aromatic heterocycles. The van der Waals surface area contributed by atoms with Crippen molar-refractivity contribution in [1.29, 1.82) is 0 Å². The highest BCUT2D eigenvalue weighted by Crippen LogP contribution is 2.27. The smallest absolute Gasteiger partial charge is 0.433 e. The summed E-state index contributed by atoms with van der Waals surface area (Å²) in [7, 11) is 0. The first-order chi connectivity index (χ1) is 9.29. The molecule has 1 aromatic rings. The van der Waals surface area contributed by atoms with Crippen molar-refractivity contribution in [1.82, 2.24) is 15.6 Å². The maximum Gasteiger partial charge on any atom is 0.433 e. The van der Waals surface area contributed by atoms with Crippen LogP contribution in [-0.2, 0) is 17.5 Å². The minimum absolute atomic E-state index is 0.0493. The zero-order valence-corrected chi connectivity index (χ0v) is 10.2. The Labute approximate surface area is 112 Å². The first kappa shape index (κ1) is 15.7. The second kappa shape index (κ2) is 6.73. The summed E-state index contributed by atoms with van der Waals surface area (Å²) in [5.41, 5.74) is -0.990. The average Bonchev–Trinajstić information content (AvgIpc) is 2.35. The zero-order chi connectivity index (χ0) is 15.2. The monoisotopic (exact) mass is 291 g/mol. The Hall–Kier alpha value is -2.32. The molecule has 3 N–H and O–H groups in total. The standard InChI is InChI=1S/C11H12F3N3O3/c12-11(13,14)8-3-1-2-7(17-8)6-16-10(20)15-5-4-9(18)19/h1-3H,4-6H2,(H,18,19)(H2,15,16,20). The number of rotatable bonds is 5. The third-order valence-electron chi connectivity index (χ3n) is 2.15. The Bertz CT molecular complexity index is 491. The molecular weight excluding hydrogens is 279 g/mol. The Morgan fingerprint density at radius 3 is 2.55 bits per heavy atom. The topological polar surface area (TPSA) is 91.3 Å². The summed E-state index contributed by atoms with van der Waals surface area (Å²) in [6, 6.07) is 2.68. The molecule has 0 spiro atoms. The number of nitrogens with zero attached hydrogens (tertiary/aromatic N) is 1. The molecule has 0 radical (unpaired) electrons. The van der Waals surface area contributed by atoms with Crippen molar-refractivity contribution in [3.05, 3.63) is 29.6 Å². The van der Waals surface area contributed by atoms with E-state index < -0.39 is 23.9 Å². The van der Waals surface area contributed by atoms with E-state index in [9.17, 15) is 22.8 Å². The Kier molecular flexibility index (Phi) is 5.30. The second-order valence-electron chi connectivity index (χ2n) is 3.77. The Balaban J connectivity index is 2.45. The van der Waals surface area contributed by atoms with E-state index in [1.54, 1.807) is 0 Å². The molecule has 110 valence electrons. The van der Waals surface area contributed by atoms with Gasteiger partial charge in [-0.1, -0.05) is 6.07 Å². The van der Waals surface area contributed by atoms with Gasteiger partial charge in [0, 0.05) is 6.54 Å².